The minimum atomic E-state index is -1.08. The highest BCUT2D eigenvalue weighted by atomic mass is 35.5. The second kappa shape index (κ2) is 7.76. The van der Waals surface area contributed by atoms with Gasteiger partial charge in [0.05, 0.1) is 25.5 Å². The van der Waals surface area contributed by atoms with Crippen LogP contribution in [0.5, 0.6) is 5.75 Å². The van der Waals surface area contributed by atoms with Crippen molar-refractivity contribution in [2.24, 2.45) is 5.41 Å². The maximum atomic E-state index is 14.6. The molecule has 0 bridgehead atoms. The van der Waals surface area contributed by atoms with E-state index in [-0.39, 0.29) is 5.41 Å². The fraction of sp³-hybridized carbons (Fsp3) is 0.480. The minimum Gasteiger partial charge on any atom is -0.493 e. The van der Waals surface area contributed by atoms with Gasteiger partial charge < -0.3 is 14.5 Å². The molecule has 1 aliphatic carbocycles. The zero-order valence-electron chi connectivity index (χ0n) is 19.9. The van der Waals surface area contributed by atoms with E-state index in [0.29, 0.717) is 49.1 Å². The summed E-state index contributed by atoms with van der Waals surface area (Å²) in [6.07, 6.45) is 2.47. The lowest BCUT2D eigenvalue weighted by Crippen LogP contribution is -2.73. The lowest BCUT2D eigenvalue weighted by molar-refractivity contribution is 0.152. The SMILES string of the molecule is COc1cc(F)cnc1N1CC2(C1)CN(c1nnc3n1-c1ccc(Cl)cc1CN(CC1(F)CC1)C3)C2. The number of hydrogen-bond donors (Lipinski definition) is 0. The Bertz CT molecular complexity index is 1350. The van der Waals surface area contributed by atoms with Gasteiger partial charge in [0.15, 0.2) is 17.4 Å². The molecule has 7 rings (SSSR count). The van der Waals surface area contributed by atoms with Crippen molar-refractivity contribution in [3.8, 4) is 11.4 Å². The molecule has 5 heterocycles. The Hall–Kier alpha value is -2.98. The van der Waals surface area contributed by atoms with Gasteiger partial charge in [-0.2, -0.15) is 0 Å². The predicted molar refractivity (Wildman–Crippen MR) is 131 cm³/mol. The number of anilines is 2. The molecule has 1 saturated carbocycles. The smallest absolute Gasteiger partial charge is 0.231 e. The van der Waals surface area contributed by atoms with Crippen LogP contribution in [0.2, 0.25) is 5.02 Å². The summed E-state index contributed by atoms with van der Waals surface area (Å²) in [4.78, 5) is 10.7. The van der Waals surface area contributed by atoms with Crippen LogP contribution in [-0.4, -0.2) is 70.2 Å². The van der Waals surface area contributed by atoms with Gasteiger partial charge in [0, 0.05) is 55.8 Å². The molecule has 0 unspecified atom stereocenters. The van der Waals surface area contributed by atoms with Gasteiger partial charge in [-0.1, -0.05) is 11.6 Å². The number of hydrogen-bond acceptors (Lipinski definition) is 7. The van der Waals surface area contributed by atoms with Crippen molar-refractivity contribution in [3.05, 3.63) is 52.7 Å². The third-order valence-corrected chi connectivity index (χ3v) is 8.00. The third-order valence-electron chi connectivity index (χ3n) is 7.76. The molecule has 4 aliphatic rings. The van der Waals surface area contributed by atoms with Gasteiger partial charge in [0.2, 0.25) is 5.95 Å². The Kier molecular flexibility index (Phi) is 4.79. The monoisotopic (exact) mass is 513 g/mol. The van der Waals surface area contributed by atoms with Crippen LogP contribution in [0, 0.1) is 11.2 Å². The summed E-state index contributed by atoms with van der Waals surface area (Å²) in [5.41, 5.74) is 1.08. The molecule has 188 valence electrons. The second-order valence-electron chi connectivity index (χ2n) is 10.7. The number of halogens is 3. The molecule has 1 aromatic carbocycles. The molecule has 3 aliphatic heterocycles. The number of aromatic nitrogens is 4. The molecule has 0 N–H and O–H groups in total. The van der Waals surface area contributed by atoms with Crippen molar-refractivity contribution in [1.29, 1.82) is 0 Å². The van der Waals surface area contributed by atoms with Crippen LogP contribution in [-0.2, 0) is 13.1 Å². The average molecular weight is 514 g/mol. The molecular weight excluding hydrogens is 488 g/mol. The normalized spacial score (nSPS) is 21.3. The number of nitrogens with zero attached hydrogens (tertiary/aromatic N) is 7. The van der Waals surface area contributed by atoms with E-state index in [2.05, 4.69) is 34.4 Å². The van der Waals surface area contributed by atoms with Crippen LogP contribution in [0.4, 0.5) is 20.5 Å². The van der Waals surface area contributed by atoms with E-state index in [1.54, 1.807) is 0 Å². The Balaban J connectivity index is 1.12. The fourth-order valence-electron chi connectivity index (χ4n) is 5.88. The average Bonchev–Trinajstić information content (AvgIpc) is 3.42. The van der Waals surface area contributed by atoms with E-state index in [4.69, 9.17) is 16.3 Å². The summed E-state index contributed by atoms with van der Waals surface area (Å²) < 4.78 is 35.6. The van der Waals surface area contributed by atoms with E-state index >= 15 is 0 Å². The second-order valence-corrected chi connectivity index (χ2v) is 11.1. The number of alkyl halides is 1. The first kappa shape index (κ1) is 22.2. The summed E-state index contributed by atoms with van der Waals surface area (Å²) in [7, 11) is 1.53. The quantitative estimate of drug-likeness (QED) is 0.516. The molecule has 3 fully saturated rings. The molecule has 2 aromatic heterocycles. The third kappa shape index (κ3) is 3.61. The fourth-order valence-corrected chi connectivity index (χ4v) is 6.08. The summed E-state index contributed by atoms with van der Waals surface area (Å²) in [6.45, 7) is 4.86. The van der Waals surface area contributed by atoms with Crippen molar-refractivity contribution in [3.63, 3.8) is 0 Å². The van der Waals surface area contributed by atoms with Crippen LogP contribution in [0.1, 0.15) is 24.2 Å². The Morgan fingerprint density at radius 2 is 1.83 bits per heavy atom. The maximum absolute atomic E-state index is 14.6. The Morgan fingerprint density at radius 3 is 2.58 bits per heavy atom. The number of pyridine rings is 1. The highest BCUT2D eigenvalue weighted by molar-refractivity contribution is 6.30. The molecule has 0 radical (unpaired) electrons. The van der Waals surface area contributed by atoms with Crippen LogP contribution < -0.4 is 14.5 Å². The summed E-state index contributed by atoms with van der Waals surface area (Å²) in [5.74, 6) is 2.33. The van der Waals surface area contributed by atoms with Crippen LogP contribution in [0.15, 0.2) is 30.5 Å². The predicted octanol–water partition coefficient (Wildman–Crippen LogP) is 3.61. The molecule has 11 heteroatoms. The van der Waals surface area contributed by atoms with Gasteiger partial charge in [-0.25, -0.2) is 13.8 Å². The first-order valence-electron chi connectivity index (χ1n) is 12.2. The summed E-state index contributed by atoms with van der Waals surface area (Å²) in [5, 5.41) is 9.76. The number of methoxy groups -OCH3 is 1. The molecule has 3 aromatic rings. The van der Waals surface area contributed by atoms with E-state index in [1.165, 1.54) is 19.4 Å². The lowest BCUT2D eigenvalue weighted by Gasteiger charge is -2.60. The number of rotatable bonds is 5. The van der Waals surface area contributed by atoms with Gasteiger partial charge in [-0.15, -0.1) is 10.2 Å². The summed E-state index contributed by atoms with van der Waals surface area (Å²) in [6, 6.07) is 7.22. The number of ether oxygens (including phenoxy) is 1. The van der Waals surface area contributed by atoms with E-state index < -0.39 is 11.5 Å². The molecule has 2 saturated heterocycles. The van der Waals surface area contributed by atoms with Gasteiger partial charge in [-0.3, -0.25) is 9.47 Å². The highest BCUT2D eigenvalue weighted by Crippen LogP contribution is 2.46. The van der Waals surface area contributed by atoms with Gasteiger partial charge in [0.1, 0.15) is 11.5 Å². The highest BCUT2D eigenvalue weighted by Gasteiger charge is 2.54. The van der Waals surface area contributed by atoms with Gasteiger partial charge >= 0.3 is 0 Å². The number of fused-ring (bicyclic) bond motifs is 3. The van der Waals surface area contributed by atoms with E-state index in [0.717, 1.165) is 49.2 Å². The molecule has 8 nitrogen and oxygen atoms in total. The largest absolute Gasteiger partial charge is 0.493 e. The Morgan fingerprint density at radius 1 is 1.06 bits per heavy atom. The minimum absolute atomic E-state index is 0.125. The standard InChI is InChI=1S/C25H26ClF2N7O/c1-36-20-7-18(27)8-29-22(20)33-11-24(12-33)13-34(14-24)23-31-30-21-10-32(15-25(28)4-5-25)9-16-6-17(26)2-3-19(16)35(21)23/h2-3,6-8H,4-5,9-15H2,1H3. The van der Waals surface area contributed by atoms with Crippen molar-refractivity contribution < 1.29 is 13.5 Å². The van der Waals surface area contributed by atoms with E-state index in [1.807, 2.05) is 18.2 Å². The zero-order chi connectivity index (χ0) is 24.7. The van der Waals surface area contributed by atoms with Crippen LogP contribution in [0.25, 0.3) is 5.69 Å². The van der Waals surface area contributed by atoms with E-state index in [9.17, 15) is 8.78 Å². The number of benzene rings is 1. The topological polar surface area (TPSA) is 62.6 Å². The van der Waals surface area contributed by atoms with Gasteiger partial charge in [0.25, 0.3) is 0 Å². The van der Waals surface area contributed by atoms with Crippen molar-refractivity contribution in [1.82, 2.24) is 24.6 Å². The van der Waals surface area contributed by atoms with Crippen LogP contribution in [0.3, 0.4) is 0 Å². The molecule has 1 spiro atoms. The first-order valence-corrected chi connectivity index (χ1v) is 12.6. The molecule has 36 heavy (non-hydrogen) atoms. The van der Waals surface area contributed by atoms with Gasteiger partial charge in [-0.05, 0) is 36.6 Å². The van der Waals surface area contributed by atoms with Crippen molar-refractivity contribution >= 4 is 23.4 Å². The molecule has 0 amide bonds. The summed E-state index contributed by atoms with van der Waals surface area (Å²) >= 11 is 6.34. The lowest BCUT2D eigenvalue weighted by atomic mass is 9.73. The van der Waals surface area contributed by atoms with Crippen LogP contribution >= 0.6 is 11.6 Å². The first-order chi connectivity index (χ1) is 17.3. The van der Waals surface area contributed by atoms with Crippen molar-refractivity contribution in [2.75, 3.05) is 49.6 Å². The molecule has 0 atom stereocenters. The molecular formula is C25H26ClF2N7O. The maximum Gasteiger partial charge on any atom is 0.231 e. The Labute approximate surface area is 212 Å². The zero-order valence-corrected chi connectivity index (χ0v) is 20.7. The van der Waals surface area contributed by atoms with Crippen molar-refractivity contribution in [2.45, 2.75) is 31.6 Å².